The summed E-state index contributed by atoms with van der Waals surface area (Å²) in [6, 6.07) is 14.3. The lowest BCUT2D eigenvalue weighted by molar-refractivity contribution is 0.488. The first kappa shape index (κ1) is 12.9. The molecule has 0 radical (unpaired) electrons. The van der Waals surface area contributed by atoms with Crippen LogP contribution in [0.15, 0.2) is 46.9 Å². The Morgan fingerprint density at radius 1 is 1.00 bits per heavy atom. The maximum atomic E-state index is 5.81. The quantitative estimate of drug-likeness (QED) is 0.736. The highest BCUT2D eigenvalue weighted by Crippen LogP contribution is 2.21. The number of nitrogens with one attached hydrogen (secondary N) is 1. The summed E-state index contributed by atoms with van der Waals surface area (Å²) in [4.78, 5) is 0. The van der Waals surface area contributed by atoms with Crippen LogP contribution in [0.1, 0.15) is 31.9 Å². The third-order valence-corrected chi connectivity index (χ3v) is 2.98. The molecular weight excluding hydrogens is 222 g/mol. The van der Waals surface area contributed by atoms with Crippen molar-refractivity contribution >= 4 is 0 Å². The minimum Gasteiger partial charge on any atom is -0.460 e. The molecule has 1 aromatic heterocycles. The molecule has 0 amide bonds. The van der Waals surface area contributed by atoms with Crippen LogP contribution < -0.4 is 5.32 Å². The molecule has 0 atom stereocenters. The summed E-state index contributed by atoms with van der Waals surface area (Å²) in [6.07, 6.45) is 3.80. The summed E-state index contributed by atoms with van der Waals surface area (Å²) in [5.41, 5.74) is 1.13. The Morgan fingerprint density at radius 3 is 2.61 bits per heavy atom. The van der Waals surface area contributed by atoms with Crippen LogP contribution in [0, 0.1) is 0 Å². The van der Waals surface area contributed by atoms with E-state index in [9.17, 15) is 0 Å². The molecule has 0 bridgehead atoms. The zero-order valence-corrected chi connectivity index (χ0v) is 11.0. The van der Waals surface area contributed by atoms with Crippen LogP contribution in [0.25, 0.3) is 11.3 Å². The molecule has 0 aliphatic rings. The molecule has 0 spiro atoms. The predicted octanol–water partition coefficient (Wildman–Crippen LogP) is 4.23. The lowest BCUT2D eigenvalue weighted by Crippen LogP contribution is -2.13. The van der Waals surface area contributed by atoms with Crippen molar-refractivity contribution in [2.75, 3.05) is 6.54 Å². The maximum absolute atomic E-state index is 5.81. The van der Waals surface area contributed by atoms with E-state index in [-0.39, 0.29) is 0 Å². The smallest absolute Gasteiger partial charge is 0.134 e. The van der Waals surface area contributed by atoms with Gasteiger partial charge in [-0.2, -0.15) is 0 Å². The standard InChI is InChI=1S/C16H21NO/c1-2-3-7-12-17-13-15-10-11-16(18-15)14-8-5-4-6-9-14/h4-6,8-11,17H,2-3,7,12-13H2,1H3. The summed E-state index contributed by atoms with van der Waals surface area (Å²) in [5, 5.41) is 3.41. The van der Waals surface area contributed by atoms with Gasteiger partial charge in [0.2, 0.25) is 0 Å². The zero-order chi connectivity index (χ0) is 12.6. The lowest BCUT2D eigenvalue weighted by Gasteiger charge is -2.01. The van der Waals surface area contributed by atoms with Gasteiger partial charge in [0.25, 0.3) is 0 Å². The lowest BCUT2D eigenvalue weighted by atomic mass is 10.2. The highest BCUT2D eigenvalue weighted by atomic mass is 16.3. The van der Waals surface area contributed by atoms with E-state index in [2.05, 4.69) is 30.4 Å². The summed E-state index contributed by atoms with van der Waals surface area (Å²) in [7, 11) is 0. The number of hydrogen-bond donors (Lipinski definition) is 1. The van der Waals surface area contributed by atoms with Crippen LogP contribution in [-0.4, -0.2) is 6.54 Å². The molecule has 1 aromatic carbocycles. The Labute approximate surface area is 109 Å². The molecule has 2 rings (SSSR count). The average molecular weight is 243 g/mol. The van der Waals surface area contributed by atoms with Gasteiger partial charge in [0.1, 0.15) is 11.5 Å². The minimum absolute atomic E-state index is 0.816. The van der Waals surface area contributed by atoms with Crippen molar-refractivity contribution in [3.05, 3.63) is 48.2 Å². The van der Waals surface area contributed by atoms with Crippen LogP contribution in [0.2, 0.25) is 0 Å². The van der Waals surface area contributed by atoms with E-state index in [1.54, 1.807) is 0 Å². The molecule has 0 fully saturated rings. The first-order valence-electron chi connectivity index (χ1n) is 6.75. The van der Waals surface area contributed by atoms with Crippen molar-refractivity contribution in [2.45, 2.75) is 32.7 Å². The van der Waals surface area contributed by atoms with Gasteiger partial charge in [-0.1, -0.05) is 50.1 Å². The second-order valence-corrected chi connectivity index (χ2v) is 4.52. The van der Waals surface area contributed by atoms with Crippen molar-refractivity contribution in [1.82, 2.24) is 5.32 Å². The Morgan fingerprint density at radius 2 is 1.83 bits per heavy atom. The van der Waals surface area contributed by atoms with Gasteiger partial charge < -0.3 is 9.73 Å². The molecule has 2 heteroatoms. The number of hydrogen-bond acceptors (Lipinski definition) is 2. The summed E-state index contributed by atoms with van der Waals surface area (Å²) in [6.45, 7) is 4.10. The average Bonchev–Trinajstić information content (AvgIpc) is 2.88. The Kier molecular flexibility index (Phi) is 5.03. The number of benzene rings is 1. The second-order valence-electron chi connectivity index (χ2n) is 4.52. The van der Waals surface area contributed by atoms with E-state index < -0.39 is 0 Å². The van der Waals surface area contributed by atoms with Gasteiger partial charge in [0.05, 0.1) is 6.54 Å². The minimum atomic E-state index is 0.816. The van der Waals surface area contributed by atoms with Gasteiger partial charge >= 0.3 is 0 Å². The van der Waals surface area contributed by atoms with E-state index in [1.807, 2.05) is 24.3 Å². The van der Waals surface area contributed by atoms with Crippen LogP contribution in [0.5, 0.6) is 0 Å². The van der Waals surface area contributed by atoms with Gasteiger partial charge in [-0.25, -0.2) is 0 Å². The third kappa shape index (κ3) is 3.74. The largest absolute Gasteiger partial charge is 0.460 e. The van der Waals surface area contributed by atoms with Gasteiger partial charge in [0.15, 0.2) is 0 Å². The van der Waals surface area contributed by atoms with Gasteiger partial charge in [-0.05, 0) is 25.1 Å². The van der Waals surface area contributed by atoms with Crippen LogP contribution >= 0.6 is 0 Å². The van der Waals surface area contributed by atoms with Crippen molar-refractivity contribution in [3.8, 4) is 11.3 Å². The fourth-order valence-electron chi connectivity index (χ4n) is 1.94. The van der Waals surface area contributed by atoms with Gasteiger partial charge in [-0.3, -0.25) is 0 Å². The molecular formula is C16H21NO. The van der Waals surface area contributed by atoms with Crippen LogP contribution in [-0.2, 0) is 6.54 Å². The first-order chi connectivity index (χ1) is 8.90. The topological polar surface area (TPSA) is 25.2 Å². The van der Waals surface area contributed by atoms with E-state index in [0.29, 0.717) is 0 Å². The number of furan rings is 1. The normalized spacial score (nSPS) is 10.7. The first-order valence-corrected chi connectivity index (χ1v) is 6.75. The molecule has 0 unspecified atom stereocenters. The van der Waals surface area contributed by atoms with E-state index in [4.69, 9.17) is 4.42 Å². The third-order valence-electron chi connectivity index (χ3n) is 2.98. The number of rotatable bonds is 7. The van der Waals surface area contributed by atoms with Crippen molar-refractivity contribution in [3.63, 3.8) is 0 Å². The van der Waals surface area contributed by atoms with Gasteiger partial charge in [-0.15, -0.1) is 0 Å². The highest BCUT2D eigenvalue weighted by Gasteiger charge is 2.03. The van der Waals surface area contributed by atoms with Crippen LogP contribution in [0.4, 0.5) is 0 Å². The summed E-state index contributed by atoms with van der Waals surface area (Å²) < 4.78 is 5.81. The van der Waals surface area contributed by atoms with Crippen LogP contribution in [0.3, 0.4) is 0 Å². The molecule has 1 N–H and O–H groups in total. The fraction of sp³-hybridized carbons (Fsp3) is 0.375. The molecule has 1 heterocycles. The highest BCUT2D eigenvalue weighted by molar-refractivity contribution is 5.57. The molecule has 0 saturated carbocycles. The summed E-state index contributed by atoms with van der Waals surface area (Å²) >= 11 is 0. The van der Waals surface area contributed by atoms with E-state index in [1.165, 1.54) is 19.3 Å². The maximum Gasteiger partial charge on any atom is 0.134 e. The van der Waals surface area contributed by atoms with Crippen molar-refractivity contribution in [2.24, 2.45) is 0 Å². The van der Waals surface area contributed by atoms with Gasteiger partial charge in [0, 0.05) is 5.56 Å². The molecule has 2 nitrogen and oxygen atoms in total. The Hall–Kier alpha value is -1.54. The predicted molar refractivity (Wildman–Crippen MR) is 75.4 cm³/mol. The molecule has 0 aliphatic heterocycles. The Bertz CT molecular complexity index is 447. The molecule has 0 saturated heterocycles. The molecule has 0 aliphatic carbocycles. The molecule has 96 valence electrons. The Balaban J connectivity index is 1.83. The number of unbranched alkanes of at least 4 members (excludes halogenated alkanes) is 2. The molecule has 2 aromatic rings. The fourth-order valence-corrected chi connectivity index (χ4v) is 1.94. The van der Waals surface area contributed by atoms with E-state index in [0.717, 1.165) is 30.2 Å². The van der Waals surface area contributed by atoms with Crippen molar-refractivity contribution < 1.29 is 4.42 Å². The summed E-state index contributed by atoms with van der Waals surface area (Å²) in [5.74, 6) is 1.95. The zero-order valence-electron chi connectivity index (χ0n) is 11.0. The van der Waals surface area contributed by atoms with Crippen molar-refractivity contribution in [1.29, 1.82) is 0 Å². The second kappa shape index (κ2) is 7.02. The monoisotopic (exact) mass is 243 g/mol. The SMILES string of the molecule is CCCCCNCc1ccc(-c2ccccc2)o1. The molecule has 18 heavy (non-hydrogen) atoms. The van der Waals surface area contributed by atoms with E-state index >= 15 is 0 Å².